The van der Waals surface area contributed by atoms with Crippen molar-refractivity contribution >= 4 is 5.91 Å². The first kappa shape index (κ1) is 14.9. The minimum atomic E-state index is -0.820. The van der Waals surface area contributed by atoms with Gasteiger partial charge in [0.15, 0.2) is 0 Å². The van der Waals surface area contributed by atoms with E-state index in [4.69, 9.17) is 12.2 Å². The van der Waals surface area contributed by atoms with Crippen LogP contribution in [0.1, 0.15) is 30.4 Å². The van der Waals surface area contributed by atoms with Crippen LogP contribution < -0.4 is 5.73 Å². The summed E-state index contributed by atoms with van der Waals surface area (Å²) in [4.78, 5) is 12.4. The van der Waals surface area contributed by atoms with Crippen LogP contribution in [0.4, 0.5) is 0 Å². The minimum Gasteiger partial charge on any atom is -0.369 e. The molecule has 0 aromatic heterocycles. The van der Waals surface area contributed by atoms with E-state index in [-0.39, 0.29) is 5.91 Å². The zero-order valence-corrected chi connectivity index (χ0v) is 12.0. The third-order valence-electron chi connectivity index (χ3n) is 3.83. The van der Waals surface area contributed by atoms with Crippen LogP contribution in [-0.4, -0.2) is 5.91 Å². The fraction of sp³-hybridized carbons (Fsp3) is 0.211. The van der Waals surface area contributed by atoms with Crippen molar-refractivity contribution in [3.63, 3.8) is 0 Å². The molecule has 1 amide bonds. The number of unbranched alkanes of at least 4 members (excludes halogenated alkanes) is 1. The molecule has 0 aliphatic carbocycles. The standard InChI is InChI=1S/C19H19NO/c1-2-3-10-15-19(18(20)21,16-11-6-4-7-12-16)17-13-8-5-9-14-17/h1,4-9,11-14H,3,10,15H2,(H2,20,21). The van der Waals surface area contributed by atoms with E-state index in [0.29, 0.717) is 12.8 Å². The largest absolute Gasteiger partial charge is 0.369 e. The number of carbonyl (C=O) groups excluding carboxylic acids is 1. The molecule has 2 rings (SSSR count). The molecule has 0 aliphatic rings. The van der Waals surface area contributed by atoms with Crippen LogP contribution in [0, 0.1) is 12.3 Å². The molecule has 0 aliphatic heterocycles. The first-order valence-electron chi connectivity index (χ1n) is 7.06. The highest BCUT2D eigenvalue weighted by molar-refractivity contribution is 5.90. The smallest absolute Gasteiger partial charge is 0.232 e. The van der Waals surface area contributed by atoms with Gasteiger partial charge in [-0.1, -0.05) is 60.7 Å². The molecule has 106 valence electrons. The number of primary amides is 1. The second kappa shape index (κ2) is 6.76. The highest BCUT2D eigenvalue weighted by Gasteiger charge is 2.39. The summed E-state index contributed by atoms with van der Waals surface area (Å²) in [6, 6.07) is 19.4. The third-order valence-corrected chi connectivity index (χ3v) is 3.83. The highest BCUT2D eigenvalue weighted by Crippen LogP contribution is 2.37. The van der Waals surface area contributed by atoms with E-state index in [1.807, 2.05) is 60.7 Å². The van der Waals surface area contributed by atoms with Gasteiger partial charge >= 0.3 is 0 Å². The maximum absolute atomic E-state index is 12.4. The van der Waals surface area contributed by atoms with Crippen molar-refractivity contribution in [1.82, 2.24) is 0 Å². The Labute approximate surface area is 126 Å². The van der Waals surface area contributed by atoms with E-state index in [1.165, 1.54) is 0 Å². The van der Waals surface area contributed by atoms with Gasteiger partial charge < -0.3 is 5.73 Å². The zero-order chi connectivity index (χ0) is 15.1. The Morgan fingerprint density at radius 2 is 1.48 bits per heavy atom. The van der Waals surface area contributed by atoms with Crippen molar-refractivity contribution < 1.29 is 4.79 Å². The average Bonchev–Trinajstić information content (AvgIpc) is 2.53. The molecule has 0 unspecified atom stereocenters. The molecule has 0 bridgehead atoms. The molecular weight excluding hydrogens is 258 g/mol. The van der Waals surface area contributed by atoms with Crippen LogP contribution >= 0.6 is 0 Å². The number of hydrogen-bond acceptors (Lipinski definition) is 1. The highest BCUT2D eigenvalue weighted by atomic mass is 16.1. The minimum absolute atomic E-state index is 0.336. The van der Waals surface area contributed by atoms with Crippen LogP contribution in [0.15, 0.2) is 60.7 Å². The van der Waals surface area contributed by atoms with Crippen molar-refractivity contribution in [2.45, 2.75) is 24.7 Å². The van der Waals surface area contributed by atoms with Gasteiger partial charge in [0.05, 0.1) is 5.41 Å². The van der Waals surface area contributed by atoms with Gasteiger partial charge in [-0.3, -0.25) is 4.79 Å². The van der Waals surface area contributed by atoms with Crippen molar-refractivity contribution in [3.05, 3.63) is 71.8 Å². The SMILES string of the molecule is C#CCCCC(C(N)=O)(c1ccccc1)c1ccccc1. The van der Waals surface area contributed by atoms with Crippen molar-refractivity contribution in [2.24, 2.45) is 5.73 Å². The van der Waals surface area contributed by atoms with Crippen molar-refractivity contribution in [1.29, 1.82) is 0 Å². The Morgan fingerprint density at radius 1 is 1.00 bits per heavy atom. The fourth-order valence-electron chi connectivity index (χ4n) is 2.76. The Kier molecular flexibility index (Phi) is 4.79. The quantitative estimate of drug-likeness (QED) is 0.639. The van der Waals surface area contributed by atoms with E-state index in [2.05, 4.69) is 5.92 Å². The second-order valence-corrected chi connectivity index (χ2v) is 5.06. The molecule has 2 aromatic carbocycles. The lowest BCUT2D eigenvalue weighted by atomic mass is 9.70. The van der Waals surface area contributed by atoms with Crippen molar-refractivity contribution in [2.75, 3.05) is 0 Å². The van der Waals surface area contributed by atoms with Gasteiger partial charge in [-0.05, 0) is 24.0 Å². The van der Waals surface area contributed by atoms with Crippen molar-refractivity contribution in [3.8, 4) is 12.3 Å². The molecule has 0 fully saturated rings. The number of amides is 1. The van der Waals surface area contributed by atoms with E-state index in [9.17, 15) is 4.79 Å². The predicted molar refractivity (Wildman–Crippen MR) is 85.5 cm³/mol. The first-order chi connectivity index (χ1) is 10.2. The number of hydrogen-bond donors (Lipinski definition) is 1. The Morgan fingerprint density at radius 3 is 1.86 bits per heavy atom. The number of rotatable bonds is 6. The summed E-state index contributed by atoms with van der Waals surface area (Å²) in [5, 5.41) is 0. The van der Waals surface area contributed by atoms with E-state index in [0.717, 1.165) is 17.5 Å². The molecule has 2 nitrogen and oxygen atoms in total. The number of benzene rings is 2. The lowest BCUT2D eigenvalue weighted by Crippen LogP contribution is -2.42. The van der Waals surface area contributed by atoms with Gasteiger partial charge in [-0.2, -0.15) is 0 Å². The van der Waals surface area contributed by atoms with Gasteiger partial charge in [0, 0.05) is 6.42 Å². The third kappa shape index (κ3) is 2.98. The van der Waals surface area contributed by atoms with Crippen LogP contribution in [0.5, 0.6) is 0 Å². The molecular formula is C19H19NO. The lowest BCUT2D eigenvalue weighted by molar-refractivity contribution is -0.122. The van der Waals surface area contributed by atoms with Crippen LogP contribution in [0.2, 0.25) is 0 Å². The lowest BCUT2D eigenvalue weighted by Gasteiger charge is -2.32. The molecule has 0 atom stereocenters. The molecule has 0 radical (unpaired) electrons. The predicted octanol–water partition coefficient (Wildman–Crippen LogP) is 3.26. The number of carbonyl (C=O) groups is 1. The zero-order valence-electron chi connectivity index (χ0n) is 12.0. The molecule has 0 saturated heterocycles. The molecule has 0 spiro atoms. The second-order valence-electron chi connectivity index (χ2n) is 5.06. The maximum Gasteiger partial charge on any atom is 0.232 e. The average molecular weight is 277 g/mol. The van der Waals surface area contributed by atoms with E-state index < -0.39 is 5.41 Å². The van der Waals surface area contributed by atoms with Gasteiger partial charge in [0.2, 0.25) is 5.91 Å². The first-order valence-corrected chi connectivity index (χ1v) is 7.06. The summed E-state index contributed by atoms with van der Waals surface area (Å²) >= 11 is 0. The topological polar surface area (TPSA) is 43.1 Å². The maximum atomic E-state index is 12.4. The summed E-state index contributed by atoms with van der Waals surface area (Å²) in [6.45, 7) is 0. The van der Waals surface area contributed by atoms with Crippen LogP contribution in [-0.2, 0) is 10.2 Å². The molecule has 0 heterocycles. The van der Waals surface area contributed by atoms with Gasteiger partial charge in [-0.25, -0.2) is 0 Å². The fourth-order valence-corrected chi connectivity index (χ4v) is 2.76. The van der Waals surface area contributed by atoms with Crippen LogP contribution in [0.3, 0.4) is 0 Å². The molecule has 2 N–H and O–H groups in total. The summed E-state index contributed by atoms with van der Waals surface area (Å²) in [5.41, 5.74) is 6.84. The molecule has 2 aromatic rings. The molecule has 2 heteroatoms. The molecule has 0 saturated carbocycles. The normalized spacial score (nSPS) is 10.8. The van der Waals surface area contributed by atoms with Gasteiger partial charge in [-0.15, -0.1) is 12.3 Å². The summed E-state index contributed by atoms with van der Waals surface area (Å²) < 4.78 is 0. The summed E-state index contributed by atoms with van der Waals surface area (Å²) in [7, 11) is 0. The van der Waals surface area contributed by atoms with Gasteiger partial charge in [0.1, 0.15) is 0 Å². The number of terminal acetylenes is 1. The Balaban J connectivity index is 2.55. The summed E-state index contributed by atoms with van der Waals surface area (Å²) in [5.74, 6) is 2.29. The van der Waals surface area contributed by atoms with Gasteiger partial charge in [0.25, 0.3) is 0 Å². The summed E-state index contributed by atoms with van der Waals surface area (Å²) in [6.07, 6.45) is 7.34. The van der Waals surface area contributed by atoms with E-state index >= 15 is 0 Å². The molecule has 21 heavy (non-hydrogen) atoms. The van der Waals surface area contributed by atoms with Crippen LogP contribution in [0.25, 0.3) is 0 Å². The number of nitrogens with two attached hydrogens (primary N) is 1. The van der Waals surface area contributed by atoms with E-state index in [1.54, 1.807) is 0 Å². The Bertz CT molecular complexity index is 586. The Hall–Kier alpha value is -2.53. The monoisotopic (exact) mass is 277 g/mol.